The van der Waals surface area contributed by atoms with E-state index in [2.05, 4.69) is 0 Å². The van der Waals surface area contributed by atoms with Crippen LogP contribution < -0.4 is 0 Å². The standard InChI is InChI=1S/C13H14Cl2O/c14-11-4-5-13(15)10(8-11)6-9-2-1-3-12(16)7-9/h4-5,8-9H,1-3,6-7H2. The fraction of sp³-hybridized carbons (Fsp3) is 0.462. The molecule has 1 aliphatic carbocycles. The number of carbonyl (C=O) groups excluding carboxylic acids is 1. The van der Waals surface area contributed by atoms with Gasteiger partial charge < -0.3 is 0 Å². The number of ketones is 1. The molecule has 1 fully saturated rings. The number of hydrogen-bond donors (Lipinski definition) is 0. The van der Waals surface area contributed by atoms with E-state index in [1.54, 1.807) is 6.07 Å². The molecule has 16 heavy (non-hydrogen) atoms. The molecule has 86 valence electrons. The zero-order valence-corrected chi connectivity index (χ0v) is 10.5. The lowest BCUT2D eigenvalue weighted by molar-refractivity contribution is -0.121. The predicted octanol–water partition coefficient (Wildman–Crippen LogP) is 4.30. The highest BCUT2D eigenvalue weighted by atomic mass is 35.5. The van der Waals surface area contributed by atoms with Crippen LogP contribution >= 0.6 is 23.2 Å². The van der Waals surface area contributed by atoms with Crippen molar-refractivity contribution in [3.8, 4) is 0 Å². The van der Waals surface area contributed by atoms with E-state index in [9.17, 15) is 4.79 Å². The summed E-state index contributed by atoms with van der Waals surface area (Å²) in [5.41, 5.74) is 1.06. The van der Waals surface area contributed by atoms with Crippen LogP contribution in [0.5, 0.6) is 0 Å². The third-order valence-electron chi connectivity index (χ3n) is 3.10. The van der Waals surface area contributed by atoms with Crippen LogP contribution in [0.15, 0.2) is 18.2 Å². The molecule has 0 N–H and O–H groups in total. The number of halogens is 2. The second-order valence-electron chi connectivity index (χ2n) is 4.44. The quantitative estimate of drug-likeness (QED) is 0.772. The van der Waals surface area contributed by atoms with E-state index in [4.69, 9.17) is 23.2 Å². The van der Waals surface area contributed by atoms with Crippen LogP contribution in [0.1, 0.15) is 31.2 Å². The van der Waals surface area contributed by atoms with Gasteiger partial charge in [0.25, 0.3) is 0 Å². The molecular formula is C13H14Cl2O. The van der Waals surface area contributed by atoms with Crippen LogP contribution in [-0.4, -0.2) is 5.78 Å². The van der Waals surface area contributed by atoms with Crippen LogP contribution in [0.4, 0.5) is 0 Å². The molecule has 2 rings (SSSR count). The predicted molar refractivity (Wildman–Crippen MR) is 67.1 cm³/mol. The molecular weight excluding hydrogens is 243 g/mol. The maximum atomic E-state index is 11.4. The lowest BCUT2D eigenvalue weighted by Gasteiger charge is -2.21. The van der Waals surface area contributed by atoms with Crippen molar-refractivity contribution in [2.24, 2.45) is 5.92 Å². The number of benzene rings is 1. The van der Waals surface area contributed by atoms with Gasteiger partial charge in [0.2, 0.25) is 0 Å². The molecule has 1 aromatic rings. The van der Waals surface area contributed by atoms with E-state index in [0.29, 0.717) is 23.1 Å². The number of Topliss-reactive ketones (excluding diaryl/α,β-unsaturated/α-hetero) is 1. The molecule has 1 unspecified atom stereocenters. The Morgan fingerprint density at radius 2 is 2.12 bits per heavy atom. The maximum absolute atomic E-state index is 11.4. The number of hydrogen-bond acceptors (Lipinski definition) is 1. The molecule has 1 nitrogen and oxygen atoms in total. The molecule has 3 heteroatoms. The monoisotopic (exact) mass is 256 g/mol. The smallest absolute Gasteiger partial charge is 0.133 e. The summed E-state index contributed by atoms with van der Waals surface area (Å²) in [5, 5.41) is 1.46. The van der Waals surface area contributed by atoms with Crippen molar-refractivity contribution in [2.75, 3.05) is 0 Å². The van der Waals surface area contributed by atoms with Crippen molar-refractivity contribution < 1.29 is 4.79 Å². The summed E-state index contributed by atoms with van der Waals surface area (Å²) in [4.78, 5) is 11.4. The summed E-state index contributed by atoms with van der Waals surface area (Å²) in [5.74, 6) is 0.826. The Labute approximate surface area is 106 Å². The van der Waals surface area contributed by atoms with Crippen molar-refractivity contribution in [1.29, 1.82) is 0 Å². The normalized spacial score (nSPS) is 21.1. The summed E-state index contributed by atoms with van der Waals surface area (Å²) < 4.78 is 0. The van der Waals surface area contributed by atoms with Crippen molar-refractivity contribution in [1.82, 2.24) is 0 Å². The number of carbonyl (C=O) groups is 1. The Hall–Kier alpha value is -0.530. The van der Waals surface area contributed by atoms with E-state index in [-0.39, 0.29) is 0 Å². The van der Waals surface area contributed by atoms with Gasteiger partial charge in [0.1, 0.15) is 5.78 Å². The van der Waals surface area contributed by atoms with Gasteiger partial charge in [-0.25, -0.2) is 0 Å². The van der Waals surface area contributed by atoms with Crippen LogP contribution in [0.25, 0.3) is 0 Å². The Morgan fingerprint density at radius 3 is 2.88 bits per heavy atom. The molecule has 0 amide bonds. The molecule has 1 atom stereocenters. The fourth-order valence-corrected chi connectivity index (χ4v) is 2.69. The van der Waals surface area contributed by atoms with Gasteiger partial charge in [-0.3, -0.25) is 4.79 Å². The molecule has 0 bridgehead atoms. The largest absolute Gasteiger partial charge is 0.300 e. The third kappa shape index (κ3) is 2.99. The van der Waals surface area contributed by atoms with Gasteiger partial charge in [-0.2, -0.15) is 0 Å². The van der Waals surface area contributed by atoms with E-state index in [1.807, 2.05) is 12.1 Å². The lowest BCUT2D eigenvalue weighted by atomic mass is 9.84. The highest BCUT2D eigenvalue weighted by molar-refractivity contribution is 6.33. The summed E-state index contributed by atoms with van der Waals surface area (Å²) in [6.45, 7) is 0. The second-order valence-corrected chi connectivity index (χ2v) is 5.28. The molecule has 0 saturated heterocycles. The first-order valence-corrected chi connectivity index (χ1v) is 6.36. The molecule has 1 aromatic carbocycles. The van der Waals surface area contributed by atoms with Gasteiger partial charge >= 0.3 is 0 Å². The highest BCUT2D eigenvalue weighted by Gasteiger charge is 2.20. The summed E-state index contributed by atoms with van der Waals surface area (Å²) in [6, 6.07) is 5.52. The van der Waals surface area contributed by atoms with E-state index < -0.39 is 0 Å². The van der Waals surface area contributed by atoms with Crippen molar-refractivity contribution in [2.45, 2.75) is 32.1 Å². The van der Waals surface area contributed by atoms with Crippen molar-refractivity contribution in [3.05, 3.63) is 33.8 Å². The first-order valence-electron chi connectivity index (χ1n) is 5.61. The zero-order valence-electron chi connectivity index (χ0n) is 9.01. The molecule has 1 saturated carbocycles. The summed E-state index contributed by atoms with van der Waals surface area (Å²) >= 11 is 12.0. The summed E-state index contributed by atoms with van der Waals surface area (Å²) in [7, 11) is 0. The minimum absolute atomic E-state index is 0.384. The van der Waals surface area contributed by atoms with E-state index >= 15 is 0 Å². The number of rotatable bonds is 2. The SMILES string of the molecule is O=C1CCCC(Cc2cc(Cl)ccc2Cl)C1. The topological polar surface area (TPSA) is 17.1 Å². The van der Waals surface area contributed by atoms with Crippen LogP contribution in [-0.2, 0) is 11.2 Å². The van der Waals surface area contributed by atoms with Gasteiger partial charge in [0.15, 0.2) is 0 Å². The highest BCUT2D eigenvalue weighted by Crippen LogP contribution is 2.29. The van der Waals surface area contributed by atoms with Gasteiger partial charge in [-0.15, -0.1) is 0 Å². The molecule has 0 heterocycles. The van der Waals surface area contributed by atoms with Gasteiger partial charge in [0, 0.05) is 22.9 Å². The Kier molecular flexibility index (Phi) is 3.88. The van der Waals surface area contributed by atoms with Gasteiger partial charge in [-0.05, 0) is 48.9 Å². The van der Waals surface area contributed by atoms with Crippen LogP contribution in [0.2, 0.25) is 10.0 Å². The molecule has 0 aromatic heterocycles. The van der Waals surface area contributed by atoms with Crippen LogP contribution in [0, 0.1) is 5.92 Å². The van der Waals surface area contributed by atoms with Gasteiger partial charge in [-0.1, -0.05) is 23.2 Å². The zero-order chi connectivity index (χ0) is 11.5. The lowest BCUT2D eigenvalue weighted by Crippen LogP contribution is -2.17. The minimum atomic E-state index is 0.384. The first kappa shape index (κ1) is 11.9. The molecule has 0 aliphatic heterocycles. The Bertz CT molecular complexity index is 401. The maximum Gasteiger partial charge on any atom is 0.133 e. The van der Waals surface area contributed by atoms with Crippen molar-refractivity contribution >= 4 is 29.0 Å². The molecule has 1 aliphatic rings. The van der Waals surface area contributed by atoms with E-state index in [1.165, 1.54) is 0 Å². The van der Waals surface area contributed by atoms with Crippen molar-refractivity contribution in [3.63, 3.8) is 0 Å². The Morgan fingerprint density at radius 1 is 1.31 bits per heavy atom. The second kappa shape index (κ2) is 5.20. The first-order chi connectivity index (χ1) is 7.65. The minimum Gasteiger partial charge on any atom is -0.300 e. The molecule has 0 radical (unpaired) electrons. The Balaban J connectivity index is 2.08. The average Bonchev–Trinajstić information content (AvgIpc) is 2.24. The van der Waals surface area contributed by atoms with E-state index in [0.717, 1.165) is 36.3 Å². The fourth-order valence-electron chi connectivity index (χ4n) is 2.30. The summed E-state index contributed by atoms with van der Waals surface area (Å²) in [6.07, 6.45) is 4.45. The third-order valence-corrected chi connectivity index (χ3v) is 3.70. The average molecular weight is 257 g/mol. The van der Waals surface area contributed by atoms with Crippen LogP contribution in [0.3, 0.4) is 0 Å². The van der Waals surface area contributed by atoms with Gasteiger partial charge in [0.05, 0.1) is 0 Å². The molecule has 0 spiro atoms.